The van der Waals surface area contributed by atoms with E-state index < -0.39 is 35.9 Å². The average molecular weight is 500 g/mol. The van der Waals surface area contributed by atoms with E-state index in [2.05, 4.69) is 20.8 Å². The SMILES string of the molecule is CN(CC(=O)Nc1ccccc1C(F)(F)F)C(=O)CSc1nnc(Nc2ccccc2F)s1. The Bertz CT molecular complexity index is 1140. The van der Waals surface area contributed by atoms with Crippen LogP contribution in [-0.2, 0) is 15.8 Å². The highest BCUT2D eigenvalue weighted by atomic mass is 32.2. The Hall–Kier alpha value is -3.19. The van der Waals surface area contributed by atoms with E-state index in [1.807, 2.05) is 0 Å². The van der Waals surface area contributed by atoms with Crippen LogP contribution in [0.2, 0.25) is 0 Å². The van der Waals surface area contributed by atoms with Gasteiger partial charge in [-0.2, -0.15) is 13.2 Å². The van der Waals surface area contributed by atoms with Gasteiger partial charge in [0.2, 0.25) is 16.9 Å². The molecule has 0 aliphatic rings. The smallest absolute Gasteiger partial charge is 0.336 e. The Morgan fingerprint density at radius 1 is 1.06 bits per heavy atom. The molecule has 33 heavy (non-hydrogen) atoms. The number of para-hydroxylation sites is 2. The molecule has 0 saturated heterocycles. The molecule has 0 bridgehead atoms. The molecule has 7 nitrogen and oxygen atoms in total. The average Bonchev–Trinajstić information content (AvgIpc) is 3.20. The van der Waals surface area contributed by atoms with Gasteiger partial charge in [-0.25, -0.2) is 4.39 Å². The van der Waals surface area contributed by atoms with E-state index in [9.17, 15) is 27.2 Å². The number of carbonyl (C=O) groups is 2. The van der Waals surface area contributed by atoms with Gasteiger partial charge in [-0.15, -0.1) is 10.2 Å². The summed E-state index contributed by atoms with van der Waals surface area (Å²) >= 11 is 2.18. The van der Waals surface area contributed by atoms with Crippen LogP contribution in [0.15, 0.2) is 52.9 Å². The molecule has 0 spiro atoms. The lowest BCUT2D eigenvalue weighted by molar-refractivity contribution is -0.137. The van der Waals surface area contributed by atoms with E-state index in [-0.39, 0.29) is 17.1 Å². The standard InChI is InChI=1S/C20H17F4N5O2S2/c1-29(10-16(30)25-14-8-4-2-6-12(14)20(22,23)24)17(31)11-32-19-28-27-18(33-19)26-15-9-5-3-7-13(15)21/h2-9H,10-11H2,1H3,(H,25,30)(H,26,27). The molecule has 2 N–H and O–H groups in total. The zero-order valence-electron chi connectivity index (χ0n) is 17.0. The molecule has 0 aliphatic heterocycles. The summed E-state index contributed by atoms with van der Waals surface area (Å²) in [6.45, 7) is -0.429. The minimum absolute atomic E-state index is 0.0722. The highest BCUT2D eigenvalue weighted by Gasteiger charge is 2.33. The number of alkyl halides is 3. The molecule has 0 atom stereocenters. The van der Waals surface area contributed by atoms with Crippen LogP contribution < -0.4 is 10.6 Å². The van der Waals surface area contributed by atoms with Gasteiger partial charge in [0.15, 0.2) is 4.34 Å². The number of likely N-dealkylation sites (N-methyl/N-ethyl adjacent to an activating group) is 1. The number of hydrogen-bond acceptors (Lipinski definition) is 7. The van der Waals surface area contributed by atoms with E-state index in [0.717, 1.165) is 40.1 Å². The largest absolute Gasteiger partial charge is 0.418 e. The summed E-state index contributed by atoms with van der Waals surface area (Å²) in [5.41, 5.74) is -1.12. The Morgan fingerprint density at radius 3 is 2.42 bits per heavy atom. The first kappa shape index (κ1) is 24.5. The van der Waals surface area contributed by atoms with E-state index >= 15 is 0 Å². The number of nitrogens with zero attached hydrogens (tertiary/aromatic N) is 3. The molecule has 0 saturated carbocycles. The third-order valence-electron chi connectivity index (χ3n) is 4.15. The second kappa shape index (κ2) is 10.6. The minimum Gasteiger partial charge on any atom is -0.336 e. The van der Waals surface area contributed by atoms with Crippen LogP contribution in [0.25, 0.3) is 0 Å². The quantitative estimate of drug-likeness (QED) is 0.347. The van der Waals surface area contributed by atoms with Crippen molar-refractivity contribution in [2.45, 2.75) is 10.5 Å². The first-order chi connectivity index (χ1) is 15.6. The maximum Gasteiger partial charge on any atom is 0.418 e. The lowest BCUT2D eigenvalue weighted by Gasteiger charge is -2.18. The number of hydrogen-bond donors (Lipinski definition) is 2. The number of nitrogens with one attached hydrogen (secondary N) is 2. The van der Waals surface area contributed by atoms with Crippen LogP contribution in [0, 0.1) is 5.82 Å². The second-order valence-corrected chi connectivity index (χ2v) is 8.81. The van der Waals surface area contributed by atoms with E-state index in [1.165, 1.54) is 25.2 Å². The highest BCUT2D eigenvalue weighted by Crippen LogP contribution is 2.34. The van der Waals surface area contributed by atoms with Crippen molar-refractivity contribution < 1.29 is 27.2 Å². The number of halogens is 4. The summed E-state index contributed by atoms with van der Waals surface area (Å²) < 4.78 is 53.3. The maximum atomic E-state index is 13.7. The second-order valence-electron chi connectivity index (χ2n) is 6.61. The van der Waals surface area contributed by atoms with Gasteiger partial charge in [0.25, 0.3) is 0 Å². The predicted molar refractivity (Wildman–Crippen MR) is 118 cm³/mol. The van der Waals surface area contributed by atoms with E-state index in [4.69, 9.17) is 0 Å². The molecular weight excluding hydrogens is 482 g/mol. The van der Waals surface area contributed by atoms with Gasteiger partial charge in [0.1, 0.15) is 5.82 Å². The molecule has 0 aliphatic carbocycles. The minimum atomic E-state index is -4.62. The third kappa shape index (κ3) is 6.89. The van der Waals surface area contributed by atoms with Crippen LogP contribution in [0.5, 0.6) is 0 Å². The van der Waals surface area contributed by atoms with Crippen LogP contribution >= 0.6 is 23.1 Å². The fraction of sp³-hybridized carbons (Fsp3) is 0.200. The normalized spacial score (nSPS) is 11.2. The van der Waals surface area contributed by atoms with Crippen molar-refractivity contribution in [2.75, 3.05) is 30.0 Å². The van der Waals surface area contributed by atoms with E-state index in [0.29, 0.717) is 9.47 Å². The van der Waals surface area contributed by atoms with Crippen molar-refractivity contribution in [1.82, 2.24) is 15.1 Å². The summed E-state index contributed by atoms with van der Waals surface area (Å²) in [6.07, 6.45) is -4.62. The van der Waals surface area contributed by atoms with Crippen LogP contribution in [-0.4, -0.2) is 46.3 Å². The van der Waals surface area contributed by atoms with Crippen molar-refractivity contribution in [3.8, 4) is 0 Å². The number of carbonyl (C=O) groups excluding carboxylic acids is 2. The number of thioether (sulfide) groups is 1. The van der Waals surface area contributed by atoms with Crippen molar-refractivity contribution in [1.29, 1.82) is 0 Å². The fourth-order valence-electron chi connectivity index (χ4n) is 2.56. The number of aromatic nitrogens is 2. The highest BCUT2D eigenvalue weighted by molar-refractivity contribution is 8.01. The van der Waals surface area contributed by atoms with Gasteiger partial charge in [-0.1, -0.05) is 47.4 Å². The Morgan fingerprint density at radius 2 is 1.73 bits per heavy atom. The first-order valence-corrected chi connectivity index (χ1v) is 11.1. The van der Waals surface area contributed by atoms with E-state index in [1.54, 1.807) is 18.2 Å². The van der Waals surface area contributed by atoms with Crippen molar-refractivity contribution in [2.24, 2.45) is 0 Å². The Balaban J connectivity index is 1.50. The summed E-state index contributed by atoms with van der Waals surface area (Å²) in [5, 5.41) is 13.1. The monoisotopic (exact) mass is 499 g/mol. The molecule has 0 unspecified atom stereocenters. The molecule has 13 heteroatoms. The van der Waals surface area contributed by atoms with Gasteiger partial charge in [-0.05, 0) is 24.3 Å². The number of anilines is 3. The summed E-state index contributed by atoms with van der Waals surface area (Å²) in [7, 11) is 1.36. The zero-order valence-corrected chi connectivity index (χ0v) is 18.7. The number of amides is 2. The number of benzene rings is 2. The van der Waals surface area contributed by atoms with Crippen LogP contribution in [0.3, 0.4) is 0 Å². The molecule has 0 radical (unpaired) electrons. The first-order valence-electron chi connectivity index (χ1n) is 9.31. The molecular formula is C20H17F4N5O2S2. The lowest BCUT2D eigenvalue weighted by atomic mass is 10.1. The zero-order chi connectivity index (χ0) is 24.0. The molecule has 2 aromatic carbocycles. The summed E-state index contributed by atoms with van der Waals surface area (Å²) in [6, 6.07) is 10.6. The molecule has 1 heterocycles. The van der Waals surface area contributed by atoms with Crippen molar-refractivity contribution >= 4 is 51.4 Å². The molecule has 3 rings (SSSR count). The van der Waals surface area contributed by atoms with Gasteiger partial charge < -0.3 is 15.5 Å². The topological polar surface area (TPSA) is 87.2 Å². The van der Waals surface area contributed by atoms with Crippen LogP contribution in [0.4, 0.5) is 34.1 Å². The lowest BCUT2D eigenvalue weighted by Crippen LogP contribution is -2.36. The molecule has 2 amide bonds. The van der Waals surface area contributed by atoms with Gasteiger partial charge >= 0.3 is 6.18 Å². The maximum absolute atomic E-state index is 13.7. The summed E-state index contributed by atoms with van der Waals surface area (Å²) in [4.78, 5) is 25.6. The van der Waals surface area contributed by atoms with Gasteiger partial charge in [0.05, 0.1) is 29.2 Å². The van der Waals surface area contributed by atoms with Crippen molar-refractivity contribution in [3.05, 3.63) is 59.9 Å². The number of rotatable bonds is 8. The summed E-state index contributed by atoms with van der Waals surface area (Å²) in [5.74, 6) is -1.72. The molecule has 174 valence electrons. The Labute approximate surface area is 194 Å². The molecule has 3 aromatic rings. The molecule has 1 aromatic heterocycles. The van der Waals surface area contributed by atoms with Crippen LogP contribution in [0.1, 0.15) is 5.56 Å². The third-order valence-corrected chi connectivity index (χ3v) is 6.11. The van der Waals surface area contributed by atoms with Gasteiger partial charge in [0, 0.05) is 7.05 Å². The molecule has 0 fully saturated rings. The van der Waals surface area contributed by atoms with Gasteiger partial charge in [-0.3, -0.25) is 9.59 Å². The predicted octanol–water partition coefficient (Wildman–Crippen LogP) is 4.63. The Kier molecular flexibility index (Phi) is 7.87. The van der Waals surface area contributed by atoms with Crippen molar-refractivity contribution in [3.63, 3.8) is 0 Å². The fourth-order valence-corrected chi connectivity index (χ4v) is 4.27.